The van der Waals surface area contributed by atoms with Crippen molar-refractivity contribution in [1.82, 2.24) is 4.57 Å². The predicted octanol–water partition coefficient (Wildman–Crippen LogP) is 2.70. The number of nitrogens with one attached hydrogen (secondary N) is 1. The molecule has 0 unspecified atom stereocenters. The van der Waals surface area contributed by atoms with E-state index in [9.17, 15) is 9.59 Å². The van der Waals surface area contributed by atoms with E-state index in [1.54, 1.807) is 38.4 Å². The largest absolute Gasteiger partial charge is 0.495 e. The van der Waals surface area contributed by atoms with Crippen molar-refractivity contribution in [1.29, 1.82) is 0 Å². The minimum atomic E-state index is -0.460. The lowest BCUT2D eigenvalue weighted by atomic mass is 10.1. The number of hydrogen-bond acceptors (Lipinski definition) is 4. The molecule has 1 aromatic heterocycles. The number of anilines is 1. The van der Waals surface area contributed by atoms with E-state index < -0.39 is 5.76 Å². The Morgan fingerprint density at radius 1 is 1.22 bits per heavy atom. The fourth-order valence-electron chi connectivity index (χ4n) is 2.39. The lowest BCUT2D eigenvalue weighted by molar-refractivity contribution is 0.102. The number of nitrogens with zero attached hydrogens (tertiary/aromatic N) is 1. The molecule has 6 nitrogen and oxygen atoms in total. The Morgan fingerprint density at radius 3 is 2.74 bits per heavy atom. The van der Waals surface area contributed by atoms with Crippen LogP contribution >= 0.6 is 0 Å². The van der Waals surface area contributed by atoms with E-state index in [0.717, 1.165) is 5.56 Å². The van der Waals surface area contributed by atoms with Crippen molar-refractivity contribution in [3.8, 4) is 5.75 Å². The first-order chi connectivity index (χ1) is 11.0. The molecule has 0 saturated carbocycles. The molecule has 118 valence electrons. The van der Waals surface area contributed by atoms with E-state index in [-0.39, 0.29) is 5.91 Å². The Bertz CT molecular complexity index is 953. The molecule has 0 spiro atoms. The van der Waals surface area contributed by atoms with Crippen molar-refractivity contribution in [3.05, 3.63) is 58.1 Å². The van der Waals surface area contributed by atoms with Gasteiger partial charge in [0.1, 0.15) is 5.75 Å². The minimum Gasteiger partial charge on any atom is -0.495 e. The third-order valence-electron chi connectivity index (χ3n) is 3.66. The fourth-order valence-corrected chi connectivity index (χ4v) is 2.39. The number of amides is 1. The molecule has 0 aliphatic heterocycles. The maximum atomic E-state index is 12.4. The van der Waals surface area contributed by atoms with Gasteiger partial charge in [-0.05, 0) is 42.8 Å². The normalized spacial score (nSPS) is 10.7. The van der Waals surface area contributed by atoms with Crippen molar-refractivity contribution in [2.45, 2.75) is 6.92 Å². The van der Waals surface area contributed by atoms with E-state index in [2.05, 4.69) is 5.32 Å². The topological polar surface area (TPSA) is 73.5 Å². The first-order valence-electron chi connectivity index (χ1n) is 7.05. The van der Waals surface area contributed by atoms with Crippen LogP contribution in [0.2, 0.25) is 0 Å². The molecule has 1 heterocycles. The number of rotatable bonds is 3. The Kier molecular flexibility index (Phi) is 3.65. The molecule has 1 N–H and O–H groups in total. The second kappa shape index (κ2) is 5.64. The zero-order chi connectivity index (χ0) is 16.6. The Balaban J connectivity index is 1.95. The number of aryl methyl sites for hydroxylation is 2. The Hall–Kier alpha value is -3.02. The van der Waals surface area contributed by atoms with Crippen molar-refractivity contribution < 1.29 is 13.9 Å². The quantitative estimate of drug-likeness (QED) is 0.807. The van der Waals surface area contributed by atoms with Gasteiger partial charge in [0.2, 0.25) is 0 Å². The van der Waals surface area contributed by atoms with Gasteiger partial charge in [-0.1, -0.05) is 6.07 Å². The van der Waals surface area contributed by atoms with Crippen LogP contribution in [0.4, 0.5) is 5.69 Å². The summed E-state index contributed by atoms with van der Waals surface area (Å²) in [7, 11) is 3.16. The highest BCUT2D eigenvalue weighted by Gasteiger charge is 2.13. The molecule has 3 aromatic rings. The molecule has 0 saturated heterocycles. The van der Waals surface area contributed by atoms with Crippen LogP contribution in [-0.2, 0) is 7.05 Å². The maximum absolute atomic E-state index is 12.4. The highest BCUT2D eigenvalue weighted by atomic mass is 16.5. The number of ether oxygens (including phenoxy) is 1. The molecule has 0 atom stereocenters. The summed E-state index contributed by atoms with van der Waals surface area (Å²) in [5, 5.41) is 2.81. The number of hydrogen-bond donors (Lipinski definition) is 1. The van der Waals surface area contributed by atoms with E-state index in [4.69, 9.17) is 9.15 Å². The average Bonchev–Trinajstić information content (AvgIpc) is 2.82. The van der Waals surface area contributed by atoms with Crippen LogP contribution < -0.4 is 15.8 Å². The summed E-state index contributed by atoms with van der Waals surface area (Å²) < 4.78 is 11.7. The van der Waals surface area contributed by atoms with Crippen LogP contribution in [0, 0.1) is 6.92 Å². The van der Waals surface area contributed by atoms with Crippen LogP contribution in [0.25, 0.3) is 11.1 Å². The Labute approximate surface area is 132 Å². The molecule has 2 aromatic carbocycles. The number of oxazole rings is 1. The minimum absolute atomic E-state index is 0.303. The zero-order valence-electron chi connectivity index (χ0n) is 13.0. The number of fused-ring (bicyclic) bond motifs is 1. The van der Waals surface area contributed by atoms with Gasteiger partial charge in [-0.2, -0.15) is 0 Å². The molecule has 0 aliphatic rings. The van der Waals surface area contributed by atoms with Crippen molar-refractivity contribution in [2.75, 3.05) is 12.4 Å². The second-order valence-electron chi connectivity index (χ2n) is 5.27. The molecule has 1 amide bonds. The summed E-state index contributed by atoms with van der Waals surface area (Å²) in [5.74, 6) is -0.184. The number of carbonyl (C=O) groups is 1. The van der Waals surface area contributed by atoms with Crippen LogP contribution in [0.1, 0.15) is 15.9 Å². The van der Waals surface area contributed by atoms with Crippen LogP contribution in [0.3, 0.4) is 0 Å². The SMILES string of the molecule is COc1ccc(C)cc1NC(=O)c1ccc2c(c1)oc(=O)n2C. The number of aromatic nitrogens is 1. The van der Waals surface area contributed by atoms with Gasteiger partial charge >= 0.3 is 5.76 Å². The van der Waals surface area contributed by atoms with E-state index in [0.29, 0.717) is 28.1 Å². The lowest BCUT2D eigenvalue weighted by Gasteiger charge is -2.11. The van der Waals surface area contributed by atoms with E-state index in [1.165, 1.54) is 4.57 Å². The summed E-state index contributed by atoms with van der Waals surface area (Å²) in [6, 6.07) is 10.4. The summed E-state index contributed by atoms with van der Waals surface area (Å²) >= 11 is 0. The van der Waals surface area contributed by atoms with Crippen molar-refractivity contribution in [3.63, 3.8) is 0 Å². The van der Waals surface area contributed by atoms with Gasteiger partial charge in [0.15, 0.2) is 5.58 Å². The maximum Gasteiger partial charge on any atom is 0.419 e. The first-order valence-corrected chi connectivity index (χ1v) is 7.05. The standard InChI is InChI=1S/C17H16N2O4/c1-10-4-7-14(22-3)12(8-10)18-16(20)11-5-6-13-15(9-11)23-17(21)19(13)2/h4-9H,1-3H3,(H,18,20). The summed E-state index contributed by atoms with van der Waals surface area (Å²) in [5.41, 5.74) is 3.01. The number of benzene rings is 2. The van der Waals surface area contributed by atoms with Gasteiger partial charge in [0, 0.05) is 12.6 Å². The van der Waals surface area contributed by atoms with Crippen LogP contribution in [-0.4, -0.2) is 17.6 Å². The third kappa shape index (κ3) is 2.70. The average molecular weight is 312 g/mol. The predicted molar refractivity (Wildman–Crippen MR) is 87.1 cm³/mol. The van der Waals surface area contributed by atoms with Gasteiger partial charge in [-0.25, -0.2) is 4.79 Å². The third-order valence-corrected chi connectivity index (χ3v) is 3.66. The van der Waals surface area contributed by atoms with Gasteiger partial charge in [0.25, 0.3) is 5.91 Å². The smallest absolute Gasteiger partial charge is 0.419 e. The van der Waals surface area contributed by atoms with Gasteiger partial charge in [0.05, 0.1) is 18.3 Å². The molecular formula is C17H16N2O4. The van der Waals surface area contributed by atoms with E-state index >= 15 is 0 Å². The molecule has 0 bridgehead atoms. The molecule has 0 aliphatic carbocycles. The van der Waals surface area contributed by atoms with Crippen LogP contribution in [0.15, 0.2) is 45.6 Å². The molecular weight excluding hydrogens is 296 g/mol. The highest BCUT2D eigenvalue weighted by molar-refractivity contribution is 6.06. The monoisotopic (exact) mass is 312 g/mol. The molecule has 0 fully saturated rings. The van der Waals surface area contributed by atoms with Gasteiger partial charge in [-0.15, -0.1) is 0 Å². The molecule has 6 heteroatoms. The first kappa shape index (κ1) is 14.9. The van der Waals surface area contributed by atoms with Gasteiger partial charge < -0.3 is 14.5 Å². The number of carbonyl (C=O) groups excluding carboxylic acids is 1. The lowest BCUT2D eigenvalue weighted by Crippen LogP contribution is -2.12. The van der Waals surface area contributed by atoms with Crippen molar-refractivity contribution >= 4 is 22.7 Å². The van der Waals surface area contributed by atoms with Crippen molar-refractivity contribution in [2.24, 2.45) is 7.05 Å². The summed E-state index contributed by atoms with van der Waals surface area (Å²) in [6.07, 6.45) is 0. The van der Waals surface area contributed by atoms with Crippen LogP contribution in [0.5, 0.6) is 5.75 Å². The highest BCUT2D eigenvalue weighted by Crippen LogP contribution is 2.26. The molecule has 23 heavy (non-hydrogen) atoms. The zero-order valence-corrected chi connectivity index (χ0v) is 13.0. The summed E-state index contributed by atoms with van der Waals surface area (Å²) in [6.45, 7) is 1.93. The fraction of sp³-hybridized carbons (Fsp3) is 0.176. The molecule has 3 rings (SSSR count). The molecule has 0 radical (unpaired) electrons. The summed E-state index contributed by atoms with van der Waals surface area (Å²) in [4.78, 5) is 23.9. The van der Waals surface area contributed by atoms with E-state index in [1.807, 2.05) is 19.1 Å². The Morgan fingerprint density at radius 2 is 2.00 bits per heavy atom. The van der Waals surface area contributed by atoms with Gasteiger partial charge in [-0.3, -0.25) is 9.36 Å². The second-order valence-corrected chi connectivity index (χ2v) is 5.27. The number of methoxy groups -OCH3 is 1.